The van der Waals surface area contributed by atoms with E-state index in [1.54, 1.807) is 24.7 Å². The first-order valence-electron chi connectivity index (χ1n) is 6.16. The highest BCUT2D eigenvalue weighted by molar-refractivity contribution is 5.89. The second-order valence-electron chi connectivity index (χ2n) is 4.36. The molecule has 0 unspecified atom stereocenters. The molecule has 0 spiro atoms. The molecule has 3 nitrogen and oxygen atoms in total. The summed E-state index contributed by atoms with van der Waals surface area (Å²) in [5.74, 6) is 0.0799. The van der Waals surface area contributed by atoms with Crippen LogP contribution in [0.1, 0.15) is 0 Å². The van der Waals surface area contributed by atoms with Gasteiger partial charge in [-0.25, -0.2) is 9.37 Å². The first-order valence-corrected chi connectivity index (χ1v) is 6.16. The highest BCUT2D eigenvalue weighted by atomic mass is 19.1. The van der Waals surface area contributed by atoms with Gasteiger partial charge in [-0.15, -0.1) is 0 Å². The largest absolute Gasteiger partial charge is 0.383 e. The van der Waals surface area contributed by atoms with Crippen molar-refractivity contribution < 1.29 is 4.39 Å². The van der Waals surface area contributed by atoms with Gasteiger partial charge in [0.2, 0.25) is 0 Å². The number of benzene rings is 1. The molecule has 2 N–H and O–H groups in total. The van der Waals surface area contributed by atoms with Crippen LogP contribution in [0.3, 0.4) is 0 Å². The van der Waals surface area contributed by atoms with Gasteiger partial charge in [-0.3, -0.25) is 4.98 Å². The van der Waals surface area contributed by atoms with Crippen LogP contribution >= 0.6 is 0 Å². The lowest BCUT2D eigenvalue weighted by Gasteiger charge is -2.12. The maximum Gasteiger partial charge on any atom is 0.131 e. The maximum absolute atomic E-state index is 13.4. The van der Waals surface area contributed by atoms with Crippen LogP contribution in [-0.2, 0) is 0 Å². The zero-order chi connectivity index (χ0) is 13.9. The van der Waals surface area contributed by atoms with Crippen LogP contribution < -0.4 is 5.73 Å². The number of pyridine rings is 2. The molecule has 0 saturated heterocycles. The van der Waals surface area contributed by atoms with Crippen molar-refractivity contribution in [1.82, 2.24) is 9.97 Å². The van der Waals surface area contributed by atoms with Gasteiger partial charge in [0, 0.05) is 24.2 Å². The molecule has 0 saturated carbocycles. The lowest BCUT2D eigenvalue weighted by Crippen LogP contribution is -1.97. The molecule has 0 radical (unpaired) electrons. The van der Waals surface area contributed by atoms with Gasteiger partial charge in [0.05, 0.1) is 0 Å². The minimum absolute atomic E-state index is 0.300. The Morgan fingerprint density at radius 2 is 1.70 bits per heavy atom. The van der Waals surface area contributed by atoms with Gasteiger partial charge in [-0.1, -0.05) is 12.1 Å². The van der Waals surface area contributed by atoms with Crippen LogP contribution in [0.2, 0.25) is 0 Å². The average molecular weight is 265 g/mol. The Kier molecular flexibility index (Phi) is 3.13. The third-order valence-corrected chi connectivity index (χ3v) is 3.08. The van der Waals surface area contributed by atoms with Crippen LogP contribution in [-0.4, -0.2) is 9.97 Å². The van der Waals surface area contributed by atoms with Crippen molar-refractivity contribution in [3.8, 4) is 22.3 Å². The first kappa shape index (κ1) is 12.3. The highest BCUT2D eigenvalue weighted by Crippen LogP contribution is 2.35. The molecule has 1 aromatic carbocycles. The topological polar surface area (TPSA) is 51.8 Å². The van der Waals surface area contributed by atoms with E-state index in [4.69, 9.17) is 5.73 Å². The third kappa shape index (κ3) is 2.23. The van der Waals surface area contributed by atoms with E-state index in [0.29, 0.717) is 11.4 Å². The van der Waals surface area contributed by atoms with Crippen LogP contribution in [0.25, 0.3) is 22.3 Å². The Bertz CT molecular complexity index is 742. The normalized spacial score (nSPS) is 10.4. The number of nitrogens with zero attached hydrogens (tertiary/aromatic N) is 2. The summed E-state index contributed by atoms with van der Waals surface area (Å²) in [6.45, 7) is 0. The highest BCUT2D eigenvalue weighted by Gasteiger charge is 2.12. The summed E-state index contributed by atoms with van der Waals surface area (Å²) < 4.78 is 13.4. The summed E-state index contributed by atoms with van der Waals surface area (Å²) in [6, 6.07) is 12.0. The molecule has 20 heavy (non-hydrogen) atoms. The van der Waals surface area contributed by atoms with E-state index in [1.165, 1.54) is 12.1 Å². The fourth-order valence-corrected chi connectivity index (χ4v) is 2.20. The van der Waals surface area contributed by atoms with Crippen LogP contribution in [0.4, 0.5) is 10.2 Å². The van der Waals surface area contributed by atoms with E-state index < -0.39 is 0 Å². The molecule has 0 aliphatic heterocycles. The quantitative estimate of drug-likeness (QED) is 0.771. The molecule has 0 amide bonds. The van der Waals surface area contributed by atoms with E-state index >= 15 is 0 Å². The van der Waals surface area contributed by atoms with Gasteiger partial charge in [0.1, 0.15) is 11.6 Å². The van der Waals surface area contributed by atoms with Gasteiger partial charge in [0.25, 0.3) is 0 Å². The van der Waals surface area contributed by atoms with E-state index in [1.807, 2.05) is 24.3 Å². The molecule has 98 valence electrons. The first-order chi connectivity index (χ1) is 9.75. The Balaban J connectivity index is 2.25. The fourth-order valence-electron chi connectivity index (χ4n) is 2.20. The average Bonchev–Trinajstić information content (AvgIpc) is 2.48. The third-order valence-electron chi connectivity index (χ3n) is 3.08. The molecule has 0 bridgehead atoms. The van der Waals surface area contributed by atoms with Gasteiger partial charge in [-0.2, -0.15) is 0 Å². The second kappa shape index (κ2) is 5.09. The molecule has 3 rings (SSSR count). The molecular weight excluding hydrogens is 253 g/mol. The number of hydrogen-bond acceptors (Lipinski definition) is 3. The van der Waals surface area contributed by atoms with Gasteiger partial charge < -0.3 is 5.73 Å². The maximum atomic E-state index is 13.4. The van der Waals surface area contributed by atoms with Gasteiger partial charge >= 0.3 is 0 Å². The predicted octanol–water partition coefficient (Wildman–Crippen LogP) is 3.53. The van der Waals surface area contributed by atoms with Crippen molar-refractivity contribution in [1.29, 1.82) is 0 Å². The molecule has 4 heteroatoms. The number of aromatic nitrogens is 2. The Morgan fingerprint density at radius 1 is 0.900 bits per heavy atom. The van der Waals surface area contributed by atoms with Crippen molar-refractivity contribution >= 4 is 5.82 Å². The molecule has 2 heterocycles. The van der Waals surface area contributed by atoms with Crippen molar-refractivity contribution in [3.05, 3.63) is 66.9 Å². The summed E-state index contributed by atoms with van der Waals surface area (Å²) in [5, 5.41) is 0. The van der Waals surface area contributed by atoms with E-state index in [-0.39, 0.29) is 5.82 Å². The van der Waals surface area contributed by atoms with Gasteiger partial charge in [0.15, 0.2) is 0 Å². The second-order valence-corrected chi connectivity index (χ2v) is 4.36. The molecule has 3 aromatic rings. The summed E-state index contributed by atoms with van der Waals surface area (Å²) in [4.78, 5) is 8.11. The van der Waals surface area contributed by atoms with Crippen LogP contribution in [0.5, 0.6) is 0 Å². The summed E-state index contributed by atoms with van der Waals surface area (Å²) in [7, 11) is 0. The van der Waals surface area contributed by atoms with E-state index in [0.717, 1.165) is 16.7 Å². The van der Waals surface area contributed by atoms with Crippen molar-refractivity contribution in [2.45, 2.75) is 0 Å². The van der Waals surface area contributed by atoms with Gasteiger partial charge in [-0.05, 0) is 47.0 Å². The van der Waals surface area contributed by atoms with E-state index in [9.17, 15) is 4.39 Å². The molecule has 0 aliphatic rings. The molecule has 0 atom stereocenters. The van der Waals surface area contributed by atoms with Crippen molar-refractivity contribution in [2.24, 2.45) is 0 Å². The SMILES string of the molecule is Nc1nccc(-c2ccncc2)c1-c1cccc(F)c1. The smallest absolute Gasteiger partial charge is 0.131 e. The molecular formula is C16H12FN3. The fraction of sp³-hybridized carbons (Fsp3) is 0. The molecule has 2 aromatic heterocycles. The Labute approximate surface area is 115 Å². The minimum Gasteiger partial charge on any atom is -0.383 e. The standard InChI is InChI=1S/C16H12FN3/c17-13-3-1-2-12(10-13)15-14(6-9-20-16(15)18)11-4-7-19-8-5-11/h1-10H,(H2,18,20). The van der Waals surface area contributed by atoms with Crippen LogP contribution in [0.15, 0.2) is 61.1 Å². The lowest BCUT2D eigenvalue weighted by atomic mass is 9.96. The van der Waals surface area contributed by atoms with E-state index in [2.05, 4.69) is 9.97 Å². The number of rotatable bonds is 2. The summed E-state index contributed by atoms with van der Waals surface area (Å²) >= 11 is 0. The zero-order valence-electron chi connectivity index (χ0n) is 10.6. The summed E-state index contributed by atoms with van der Waals surface area (Å²) in [5.41, 5.74) is 9.31. The monoisotopic (exact) mass is 265 g/mol. The molecule has 0 fully saturated rings. The molecule has 0 aliphatic carbocycles. The minimum atomic E-state index is -0.300. The number of anilines is 1. The summed E-state index contributed by atoms with van der Waals surface area (Å²) in [6.07, 6.45) is 5.07. The number of nitrogens with two attached hydrogens (primary N) is 1. The number of halogens is 1. The number of nitrogen functional groups attached to an aromatic ring is 1. The van der Waals surface area contributed by atoms with Crippen molar-refractivity contribution in [3.63, 3.8) is 0 Å². The zero-order valence-corrected chi connectivity index (χ0v) is 10.6. The number of hydrogen-bond donors (Lipinski definition) is 1. The predicted molar refractivity (Wildman–Crippen MR) is 77.3 cm³/mol. The van der Waals surface area contributed by atoms with Crippen molar-refractivity contribution in [2.75, 3.05) is 5.73 Å². The Hall–Kier alpha value is -2.75. The lowest BCUT2D eigenvalue weighted by molar-refractivity contribution is 0.628. The van der Waals surface area contributed by atoms with Crippen LogP contribution in [0, 0.1) is 5.82 Å². The Morgan fingerprint density at radius 3 is 2.45 bits per heavy atom.